The van der Waals surface area contributed by atoms with E-state index >= 15 is 0 Å². The quantitative estimate of drug-likeness (QED) is 0.820. The zero-order valence-corrected chi connectivity index (χ0v) is 11.8. The predicted octanol–water partition coefficient (Wildman–Crippen LogP) is 2.07. The van der Waals surface area contributed by atoms with E-state index in [9.17, 15) is 9.59 Å². The number of nitrogens with one attached hydrogen (secondary N) is 1. The van der Waals surface area contributed by atoms with E-state index in [0.29, 0.717) is 24.8 Å². The van der Waals surface area contributed by atoms with Gasteiger partial charge in [-0.15, -0.1) is 0 Å². The highest BCUT2D eigenvalue weighted by atomic mass is 16.4. The summed E-state index contributed by atoms with van der Waals surface area (Å²) in [6.07, 6.45) is 5.86. The number of hydrogen-bond acceptors (Lipinski definition) is 2. The molecule has 0 radical (unpaired) electrons. The molecule has 0 aromatic carbocycles. The van der Waals surface area contributed by atoms with Gasteiger partial charge < -0.3 is 15.3 Å². The second-order valence-electron chi connectivity index (χ2n) is 6.28. The van der Waals surface area contributed by atoms with Crippen LogP contribution in [0.2, 0.25) is 0 Å². The molecule has 0 spiro atoms. The molecule has 0 saturated heterocycles. The van der Waals surface area contributed by atoms with Crippen LogP contribution >= 0.6 is 0 Å². The fourth-order valence-electron chi connectivity index (χ4n) is 2.91. The lowest BCUT2D eigenvalue weighted by atomic mass is 9.86. The lowest BCUT2D eigenvalue weighted by Crippen LogP contribution is -2.47. The minimum absolute atomic E-state index is 0.133. The number of amides is 2. The van der Waals surface area contributed by atoms with E-state index in [2.05, 4.69) is 12.2 Å². The van der Waals surface area contributed by atoms with Gasteiger partial charge >= 0.3 is 12.0 Å². The van der Waals surface area contributed by atoms with Gasteiger partial charge in [-0.05, 0) is 31.6 Å². The highest BCUT2D eigenvalue weighted by Gasteiger charge is 2.50. The van der Waals surface area contributed by atoms with Crippen molar-refractivity contribution in [3.8, 4) is 0 Å². The van der Waals surface area contributed by atoms with Crippen LogP contribution in [-0.4, -0.2) is 41.6 Å². The molecule has 2 fully saturated rings. The van der Waals surface area contributed by atoms with Crippen molar-refractivity contribution >= 4 is 12.0 Å². The molecule has 2 aliphatic rings. The number of rotatable bonds is 4. The number of carbonyl (C=O) groups excluding carboxylic acids is 1. The van der Waals surface area contributed by atoms with Crippen molar-refractivity contribution in [1.82, 2.24) is 10.2 Å². The molecule has 5 heteroatoms. The lowest BCUT2D eigenvalue weighted by molar-refractivity contribution is -0.143. The minimum atomic E-state index is -0.790. The standard InChI is InChI=1S/C14H24N2O3/c1-10-4-3-5-11(8-10)16(2)13(19)15-9-14(6-7-14)12(17)18/h10-11H,3-9H2,1-2H3,(H,15,19)(H,17,18). The summed E-state index contributed by atoms with van der Waals surface area (Å²) in [5.41, 5.74) is -0.684. The second kappa shape index (κ2) is 5.39. The summed E-state index contributed by atoms with van der Waals surface area (Å²) in [6, 6.07) is 0.162. The summed E-state index contributed by atoms with van der Waals surface area (Å²) in [4.78, 5) is 24.9. The van der Waals surface area contributed by atoms with E-state index < -0.39 is 11.4 Å². The van der Waals surface area contributed by atoms with Crippen LogP contribution in [0.25, 0.3) is 0 Å². The second-order valence-corrected chi connectivity index (χ2v) is 6.28. The van der Waals surface area contributed by atoms with Crippen LogP contribution in [-0.2, 0) is 4.79 Å². The van der Waals surface area contributed by atoms with Crippen molar-refractivity contribution in [3.05, 3.63) is 0 Å². The summed E-state index contributed by atoms with van der Waals surface area (Å²) in [5, 5.41) is 11.9. The maximum absolute atomic E-state index is 12.1. The summed E-state index contributed by atoms with van der Waals surface area (Å²) in [5.74, 6) is -0.121. The molecule has 0 aromatic heterocycles. The Kier molecular flexibility index (Phi) is 4.02. The topological polar surface area (TPSA) is 69.6 Å². The Morgan fingerprint density at radius 2 is 2.05 bits per heavy atom. The largest absolute Gasteiger partial charge is 0.481 e. The number of carboxylic acid groups (broad SMARTS) is 1. The van der Waals surface area contributed by atoms with Crippen LogP contribution in [0.4, 0.5) is 4.79 Å². The van der Waals surface area contributed by atoms with Gasteiger partial charge in [0, 0.05) is 19.6 Å². The Labute approximate surface area is 114 Å². The maximum Gasteiger partial charge on any atom is 0.317 e. The number of nitrogens with zero attached hydrogens (tertiary/aromatic N) is 1. The van der Waals surface area contributed by atoms with E-state index in [4.69, 9.17) is 5.11 Å². The van der Waals surface area contributed by atoms with Crippen molar-refractivity contribution < 1.29 is 14.7 Å². The molecule has 2 atom stereocenters. The molecule has 0 aromatic rings. The van der Waals surface area contributed by atoms with E-state index in [1.807, 2.05) is 7.05 Å². The molecule has 2 rings (SSSR count). The first-order chi connectivity index (χ1) is 8.94. The van der Waals surface area contributed by atoms with Gasteiger partial charge in [-0.25, -0.2) is 4.79 Å². The number of urea groups is 1. The lowest BCUT2D eigenvalue weighted by Gasteiger charge is -2.34. The van der Waals surface area contributed by atoms with Crippen molar-refractivity contribution in [2.24, 2.45) is 11.3 Å². The highest BCUT2D eigenvalue weighted by Crippen LogP contribution is 2.45. The fourth-order valence-corrected chi connectivity index (χ4v) is 2.91. The van der Waals surface area contributed by atoms with Crippen molar-refractivity contribution in [1.29, 1.82) is 0 Å². The van der Waals surface area contributed by atoms with Crippen molar-refractivity contribution in [2.75, 3.05) is 13.6 Å². The van der Waals surface area contributed by atoms with Gasteiger partial charge in [0.2, 0.25) is 0 Å². The number of hydrogen-bond donors (Lipinski definition) is 2. The van der Waals surface area contributed by atoms with E-state index in [-0.39, 0.29) is 12.6 Å². The summed E-state index contributed by atoms with van der Waals surface area (Å²) in [6.45, 7) is 2.48. The van der Waals surface area contributed by atoms with Crippen LogP contribution in [0.5, 0.6) is 0 Å². The molecule has 19 heavy (non-hydrogen) atoms. The first-order valence-electron chi connectivity index (χ1n) is 7.19. The van der Waals surface area contributed by atoms with E-state index in [0.717, 1.165) is 12.8 Å². The van der Waals surface area contributed by atoms with Crippen molar-refractivity contribution in [2.45, 2.75) is 51.5 Å². The van der Waals surface area contributed by atoms with Gasteiger partial charge in [0.15, 0.2) is 0 Å². The molecular formula is C14H24N2O3. The Hall–Kier alpha value is -1.26. The number of carboxylic acids is 1. The Balaban J connectivity index is 1.81. The molecule has 2 saturated carbocycles. The summed E-state index contributed by atoms with van der Waals surface area (Å²) >= 11 is 0. The molecule has 108 valence electrons. The van der Waals surface area contributed by atoms with Gasteiger partial charge in [0.25, 0.3) is 0 Å². The molecule has 2 aliphatic carbocycles. The predicted molar refractivity (Wildman–Crippen MR) is 71.9 cm³/mol. The summed E-state index contributed by atoms with van der Waals surface area (Å²) < 4.78 is 0. The highest BCUT2D eigenvalue weighted by molar-refractivity contribution is 5.80. The normalized spacial score (nSPS) is 28.5. The van der Waals surface area contributed by atoms with Crippen molar-refractivity contribution in [3.63, 3.8) is 0 Å². The van der Waals surface area contributed by atoms with E-state index in [1.54, 1.807) is 4.90 Å². The monoisotopic (exact) mass is 268 g/mol. The van der Waals surface area contributed by atoms with Gasteiger partial charge in [-0.1, -0.05) is 19.8 Å². The fraction of sp³-hybridized carbons (Fsp3) is 0.857. The molecule has 5 nitrogen and oxygen atoms in total. The third-order valence-corrected chi connectivity index (χ3v) is 4.66. The van der Waals surface area contributed by atoms with Gasteiger partial charge in [-0.2, -0.15) is 0 Å². The number of aliphatic carboxylic acids is 1. The van der Waals surface area contributed by atoms with Gasteiger partial charge in [-0.3, -0.25) is 4.79 Å². The number of carbonyl (C=O) groups is 2. The zero-order valence-electron chi connectivity index (χ0n) is 11.8. The Morgan fingerprint density at radius 1 is 1.37 bits per heavy atom. The maximum atomic E-state index is 12.1. The van der Waals surface area contributed by atoms with E-state index in [1.165, 1.54) is 12.8 Å². The third-order valence-electron chi connectivity index (χ3n) is 4.66. The summed E-state index contributed by atoms with van der Waals surface area (Å²) in [7, 11) is 1.82. The SMILES string of the molecule is CC1CCCC(N(C)C(=O)NCC2(C(=O)O)CC2)C1. The van der Waals surface area contributed by atoms with Gasteiger partial charge in [0.1, 0.15) is 0 Å². The third kappa shape index (κ3) is 3.19. The molecule has 2 unspecified atom stereocenters. The van der Waals surface area contributed by atoms with Gasteiger partial charge in [0.05, 0.1) is 5.41 Å². The average Bonchev–Trinajstić information content (AvgIpc) is 3.16. The molecule has 2 amide bonds. The van der Waals surface area contributed by atoms with Crippen LogP contribution in [0.1, 0.15) is 45.4 Å². The van der Waals surface area contributed by atoms with Crippen LogP contribution < -0.4 is 5.32 Å². The molecule has 0 bridgehead atoms. The molecule has 0 aliphatic heterocycles. The Morgan fingerprint density at radius 3 is 2.58 bits per heavy atom. The molecular weight excluding hydrogens is 244 g/mol. The first kappa shape index (κ1) is 14.2. The smallest absolute Gasteiger partial charge is 0.317 e. The average molecular weight is 268 g/mol. The van der Waals surface area contributed by atoms with Crippen LogP contribution in [0, 0.1) is 11.3 Å². The van der Waals surface area contributed by atoms with Crippen LogP contribution in [0.3, 0.4) is 0 Å². The Bertz CT molecular complexity index is 366. The molecule has 0 heterocycles. The van der Waals surface area contributed by atoms with Crippen LogP contribution in [0.15, 0.2) is 0 Å². The first-order valence-corrected chi connectivity index (χ1v) is 7.19. The minimum Gasteiger partial charge on any atom is -0.481 e. The molecule has 2 N–H and O–H groups in total. The zero-order chi connectivity index (χ0) is 14.0.